The molecule has 1 aliphatic carbocycles. The van der Waals surface area contributed by atoms with Crippen LogP contribution in [0, 0.1) is 18.3 Å². The standard InChI is InChI=1S/C30H39N6OS2/c1-21-8-13-25-26(6-3-7-27(25)34-21)28(31)35(2)29(32)38-16-5-15-36-19-23-18-30(23,20-36)22-9-11-24(12-10-22)33-14-4-17-39-37/h3,6-13,23,29,31,33H,4-5,14-20,32H2,1-2H3/q+1/p+1. The van der Waals surface area contributed by atoms with Crippen LogP contribution in [-0.4, -0.2) is 70.8 Å². The second kappa shape index (κ2) is 12.3. The zero-order valence-electron chi connectivity index (χ0n) is 23.0. The summed E-state index contributed by atoms with van der Waals surface area (Å²) in [4.78, 5) is 9.23. The Morgan fingerprint density at radius 3 is 2.87 bits per heavy atom. The molecule has 9 heteroatoms. The van der Waals surface area contributed by atoms with Gasteiger partial charge in [0.25, 0.3) is 0 Å². The molecule has 3 atom stereocenters. The number of amidine groups is 1. The predicted molar refractivity (Wildman–Crippen MR) is 164 cm³/mol. The Morgan fingerprint density at radius 1 is 1.26 bits per heavy atom. The molecule has 2 fully saturated rings. The van der Waals surface area contributed by atoms with Gasteiger partial charge in [-0.1, -0.05) is 42.1 Å². The number of quaternary nitrogens is 1. The van der Waals surface area contributed by atoms with Crippen LogP contribution in [0.15, 0.2) is 54.6 Å². The van der Waals surface area contributed by atoms with Crippen LogP contribution in [-0.2, 0) is 21.3 Å². The number of fused-ring (bicyclic) bond motifs is 2. The van der Waals surface area contributed by atoms with E-state index >= 15 is 0 Å². The number of aromatic nitrogens is 1. The Balaban J connectivity index is 1.06. The molecule has 206 valence electrons. The first-order valence-corrected chi connectivity index (χ1v) is 15.8. The summed E-state index contributed by atoms with van der Waals surface area (Å²) in [6, 6.07) is 19.1. The Labute approximate surface area is 239 Å². The van der Waals surface area contributed by atoms with E-state index in [9.17, 15) is 4.21 Å². The van der Waals surface area contributed by atoms with E-state index in [2.05, 4.69) is 51.3 Å². The maximum atomic E-state index is 10.5. The highest BCUT2D eigenvalue weighted by molar-refractivity contribution is 7.99. The van der Waals surface area contributed by atoms with Crippen molar-refractivity contribution in [1.82, 2.24) is 14.8 Å². The van der Waals surface area contributed by atoms with E-state index < -0.39 is 0 Å². The van der Waals surface area contributed by atoms with Crippen LogP contribution in [0.2, 0.25) is 0 Å². The number of nitrogens with zero attached hydrogens (tertiary/aromatic N) is 3. The minimum atomic E-state index is -0.0179. The lowest BCUT2D eigenvalue weighted by molar-refractivity contribution is -0.411. The number of piperidine rings is 1. The molecule has 1 saturated carbocycles. The lowest BCUT2D eigenvalue weighted by atomic mass is 9.95. The number of hydrogen-bond acceptors (Lipinski definition) is 6. The highest BCUT2D eigenvalue weighted by Crippen LogP contribution is 2.59. The lowest BCUT2D eigenvalue weighted by Crippen LogP contribution is -2.67. The fraction of sp³-hybridized carbons (Fsp3) is 0.467. The molecule has 3 aromatic rings. The smallest absolute Gasteiger partial charge is 0.385 e. The molecule has 0 bridgehead atoms. The van der Waals surface area contributed by atoms with E-state index in [1.807, 2.05) is 54.9 Å². The van der Waals surface area contributed by atoms with Crippen molar-refractivity contribution in [3.63, 3.8) is 0 Å². The molecule has 7 nitrogen and oxygen atoms in total. The van der Waals surface area contributed by atoms with Gasteiger partial charge in [0.2, 0.25) is 11.3 Å². The van der Waals surface area contributed by atoms with Gasteiger partial charge in [-0.2, -0.15) is 0 Å². The van der Waals surface area contributed by atoms with Gasteiger partial charge in [-0.05, 0) is 62.1 Å². The third kappa shape index (κ3) is 6.27. The van der Waals surface area contributed by atoms with Gasteiger partial charge in [0.1, 0.15) is 5.84 Å². The maximum Gasteiger partial charge on any atom is 0.458 e. The summed E-state index contributed by atoms with van der Waals surface area (Å²) in [6.07, 6.45) is 3.33. The summed E-state index contributed by atoms with van der Waals surface area (Å²) in [5.41, 5.74) is 10.1. The molecular formula is C30H40N6OS2+2. The Bertz CT molecular complexity index is 1320. The number of benzene rings is 2. The molecule has 1 saturated heterocycles. The van der Waals surface area contributed by atoms with E-state index in [0.717, 1.165) is 72.0 Å². The number of thioether (sulfide) groups is 1. The van der Waals surface area contributed by atoms with Crippen molar-refractivity contribution >= 4 is 45.9 Å². The van der Waals surface area contributed by atoms with E-state index in [1.165, 1.54) is 18.5 Å². The van der Waals surface area contributed by atoms with Gasteiger partial charge >= 0.3 is 11.7 Å². The summed E-state index contributed by atoms with van der Waals surface area (Å²) < 4.78 is 10.5. The summed E-state index contributed by atoms with van der Waals surface area (Å²) >= 11 is 2.48. The molecule has 1 aromatic heterocycles. The molecule has 0 radical (unpaired) electrons. The third-order valence-electron chi connectivity index (χ3n) is 8.25. The average Bonchev–Trinajstić information content (AvgIpc) is 3.52. The molecule has 5 rings (SSSR count). The fourth-order valence-electron chi connectivity index (χ4n) is 5.90. The van der Waals surface area contributed by atoms with Gasteiger partial charge in [0.15, 0.2) is 0 Å². The third-order valence-corrected chi connectivity index (χ3v) is 9.93. The van der Waals surface area contributed by atoms with Crippen LogP contribution >= 0.6 is 11.8 Å². The van der Waals surface area contributed by atoms with Crippen LogP contribution in [0.5, 0.6) is 0 Å². The van der Waals surface area contributed by atoms with Crippen molar-refractivity contribution in [3.8, 4) is 0 Å². The SMILES string of the molecule is Cc1ccc2c(C(=N)N(C)C([NH3+])SCCCN3CC4CC4(c4ccc(NCCC[S+]=O)cc4)C3)cccc2n1. The van der Waals surface area contributed by atoms with Crippen LogP contribution in [0.4, 0.5) is 5.69 Å². The molecule has 2 aliphatic rings. The Hall–Kier alpha value is -2.59. The minimum absolute atomic E-state index is 0.0179. The molecule has 1 aliphatic heterocycles. The van der Waals surface area contributed by atoms with E-state index in [4.69, 9.17) is 5.41 Å². The van der Waals surface area contributed by atoms with E-state index in [0.29, 0.717) is 28.7 Å². The topological polar surface area (TPSA) is 100.0 Å². The summed E-state index contributed by atoms with van der Waals surface area (Å²) in [6.45, 7) is 6.31. The number of aryl methyl sites for hydroxylation is 1. The monoisotopic (exact) mass is 564 g/mol. The van der Waals surface area contributed by atoms with Crippen molar-refractivity contribution in [2.24, 2.45) is 5.92 Å². The number of nitrogens with one attached hydrogen (secondary N) is 2. The summed E-state index contributed by atoms with van der Waals surface area (Å²) in [7, 11) is 1.97. The van der Waals surface area contributed by atoms with Gasteiger partial charge in [-0.3, -0.25) is 10.4 Å². The van der Waals surface area contributed by atoms with Crippen molar-refractivity contribution in [2.45, 2.75) is 37.1 Å². The van der Waals surface area contributed by atoms with Gasteiger partial charge in [-0.15, -0.1) is 0 Å². The van der Waals surface area contributed by atoms with E-state index in [-0.39, 0.29) is 5.50 Å². The molecule has 0 spiro atoms. The number of pyridine rings is 1. The average molecular weight is 565 g/mol. The zero-order chi connectivity index (χ0) is 27.4. The van der Waals surface area contributed by atoms with Crippen LogP contribution < -0.4 is 11.1 Å². The van der Waals surface area contributed by atoms with Gasteiger partial charge in [-0.25, -0.2) is 0 Å². The molecule has 39 heavy (non-hydrogen) atoms. The highest BCUT2D eigenvalue weighted by Gasteiger charge is 2.60. The minimum Gasteiger partial charge on any atom is -0.385 e. The van der Waals surface area contributed by atoms with Crippen LogP contribution in [0.25, 0.3) is 10.9 Å². The second-order valence-corrected chi connectivity index (χ2v) is 12.9. The van der Waals surface area contributed by atoms with Gasteiger partial charge in [0.05, 0.1) is 5.52 Å². The Kier molecular flexibility index (Phi) is 8.81. The number of likely N-dealkylation sites (tertiary alicyclic amines) is 1. The van der Waals surface area contributed by atoms with Gasteiger partial charge < -0.3 is 20.9 Å². The first kappa shape index (κ1) is 28.0. The molecule has 0 amide bonds. The number of anilines is 1. The summed E-state index contributed by atoms with van der Waals surface area (Å²) in [5.74, 6) is 2.96. The van der Waals surface area contributed by atoms with Crippen molar-refractivity contribution < 1.29 is 9.94 Å². The largest absolute Gasteiger partial charge is 0.458 e. The van der Waals surface area contributed by atoms with Crippen molar-refractivity contribution in [2.75, 3.05) is 50.0 Å². The molecular weight excluding hydrogens is 525 g/mol. The maximum absolute atomic E-state index is 10.5. The fourth-order valence-corrected chi connectivity index (χ4v) is 7.06. The number of hydrogen-bond donors (Lipinski definition) is 3. The van der Waals surface area contributed by atoms with E-state index in [1.54, 1.807) is 0 Å². The van der Waals surface area contributed by atoms with Crippen molar-refractivity contribution in [1.29, 1.82) is 5.41 Å². The normalized spacial score (nSPS) is 20.9. The summed E-state index contributed by atoms with van der Waals surface area (Å²) in [5, 5.41) is 13.3. The molecule has 2 heterocycles. The quantitative estimate of drug-likeness (QED) is 0.0956. The first-order chi connectivity index (χ1) is 18.9. The molecule has 3 unspecified atom stereocenters. The second-order valence-electron chi connectivity index (χ2n) is 10.9. The zero-order valence-corrected chi connectivity index (χ0v) is 24.6. The number of rotatable bonds is 13. The van der Waals surface area contributed by atoms with Crippen LogP contribution in [0.1, 0.15) is 36.1 Å². The highest BCUT2D eigenvalue weighted by atomic mass is 32.2. The van der Waals surface area contributed by atoms with Crippen molar-refractivity contribution in [3.05, 3.63) is 71.4 Å². The predicted octanol–water partition coefficient (Wildman–Crippen LogP) is 3.95. The molecule has 5 N–H and O–H groups in total. The first-order valence-electron chi connectivity index (χ1n) is 13.9. The van der Waals surface area contributed by atoms with Gasteiger partial charge in [0, 0.05) is 70.8 Å². The van der Waals surface area contributed by atoms with Crippen LogP contribution in [0.3, 0.4) is 0 Å². The molecule has 2 aromatic carbocycles. The lowest BCUT2D eigenvalue weighted by Gasteiger charge is -2.25. The Morgan fingerprint density at radius 2 is 2.08 bits per heavy atom.